The fourth-order valence-electron chi connectivity index (χ4n) is 4.31. The minimum absolute atomic E-state index is 0.145. The molecule has 0 aliphatic heterocycles. The lowest BCUT2D eigenvalue weighted by Gasteiger charge is -2.27. The molecule has 8 heteroatoms. The molecule has 3 aromatic carbocycles. The summed E-state index contributed by atoms with van der Waals surface area (Å²) in [5.41, 5.74) is 5.55. The smallest absolute Gasteiger partial charge is 0.253 e. The van der Waals surface area contributed by atoms with Crippen molar-refractivity contribution in [3.63, 3.8) is 0 Å². The summed E-state index contributed by atoms with van der Waals surface area (Å²) in [5.74, 6) is 2.08. The zero-order valence-corrected chi connectivity index (χ0v) is 23.2. The van der Waals surface area contributed by atoms with Crippen molar-refractivity contribution < 1.29 is 14.2 Å². The van der Waals surface area contributed by atoms with Gasteiger partial charge in [-0.15, -0.1) is 0 Å². The van der Waals surface area contributed by atoms with Crippen LogP contribution in [0.5, 0.6) is 17.2 Å². The average molecular weight is 532 g/mol. The predicted octanol–water partition coefficient (Wildman–Crippen LogP) is 5.61. The molecular weight excluding hydrogens is 498 g/mol. The number of aromatic nitrogens is 1. The molecule has 0 bridgehead atoms. The number of fused-ring (bicyclic) bond motifs is 1. The lowest BCUT2D eigenvalue weighted by atomic mass is 10.1. The normalized spacial score (nSPS) is 10.8. The number of H-pyrrole nitrogens is 1. The molecule has 38 heavy (non-hydrogen) atoms. The molecule has 198 valence electrons. The Morgan fingerprint density at radius 1 is 0.947 bits per heavy atom. The van der Waals surface area contributed by atoms with Crippen LogP contribution in [0.25, 0.3) is 10.9 Å². The van der Waals surface area contributed by atoms with Crippen LogP contribution < -0.4 is 25.1 Å². The van der Waals surface area contributed by atoms with Gasteiger partial charge >= 0.3 is 0 Å². The Kier molecular flexibility index (Phi) is 8.53. The lowest BCUT2D eigenvalue weighted by molar-refractivity contribution is 0.354. The van der Waals surface area contributed by atoms with Crippen LogP contribution in [0.3, 0.4) is 0 Å². The maximum atomic E-state index is 13.0. The Hall–Kier alpha value is -4.04. The molecule has 4 aromatic rings. The topological polar surface area (TPSA) is 75.8 Å². The molecule has 0 atom stereocenters. The van der Waals surface area contributed by atoms with Gasteiger partial charge in [-0.1, -0.05) is 18.2 Å². The van der Waals surface area contributed by atoms with Crippen molar-refractivity contribution in [2.24, 2.45) is 0 Å². The number of hydrogen-bond acceptors (Lipinski definition) is 5. The van der Waals surface area contributed by atoms with E-state index in [1.807, 2.05) is 59.5 Å². The van der Waals surface area contributed by atoms with Crippen molar-refractivity contribution in [3.05, 3.63) is 93.3 Å². The van der Waals surface area contributed by atoms with Crippen LogP contribution in [0.2, 0.25) is 0 Å². The third kappa shape index (κ3) is 6.08. The summed E-state index contributed by atoms with van der Waals surface area (Å²) in [4.78, 5) is 18.0. The van der Waals surface area contributed by atoms with Gasteiger partial charge in [0.15, 0.2) is 16.6 Å². The molecule has 0 saturated heterocycles. The molecule has 1 heterocycles. The fraction of sp³-hybridized carbons (Fsp3) is 0.267. The Labute approximate surface area is 228 Å². The van der Waals surface area contributed by atoms with Gasteiger partial charge in [0.1, 0.15) is 5.75 Å². The van der Waals surface area contributed by atoms with Gasteiger partial charge in [-0.3, -0.25) is 4.79 Å². The molecule has 0 unspecified atom stereocenters. The van der Waals surface area contributed by atoms with E-state index in [1.165, 1.54) is 5.56 Å². The number of aromatic amines is 1. The quantitative estimate of drug-likeness (QED) is 0.272. The SMILES string of the molecule is COc1ccc2[nH]c(=O)c(CN(CCc3ccc(OC)c(OC)c3)C(=S)Nc3cccc(C)c3C)cc2c1. The van der Waals surface area contributed by atoms with Gasteiger partial charge in [0.05, 0.1) is 27.9 Å². The van der Waals surface area contributed by atoms with Crippen molar-refractivity contribution in [2.45, 2.75) is 26.8 Å². The summed E-state index contributed by atoms with van der Waals surface area (Å²) >= 11 is 5.88. The van der Waals surface area contributed by atoms with Crippen LogP contribution in [-0.4, -0.2) is 42.9 Å². The molecule has 0 aliphatic rings. The number of nitrogens with one attached hydrogen (secondary N) is 2. The minimum Gasteiger partial charge on any atom is -0.497 e. The average Bonchev–Trinajstić information content (AvgIpc) is 2.93. The summed E-state index contributed by atoms with van der Waals surface area (Å²) in [6.07, 6.45) is 0.689. The van der Waals surface area contributed by atoms with Crippen LogP contribution in [0.1, 0.15) is 22.3 Å². The number of aryl methyl sites for hydroxylation is 1. The van der Waals surface area contributed by atoms with Gasteiger partial charge in [0, 0.05) is 28.7 Å². The monoisotopic (exact) mass is 531 g/mol. The van der Waals surface area contributed by atoms with Gasteiger partial charge in [-0.2, -0.15) is 0 Å². The second-order valence-corrected chi connectivity index (χ2v) is 9.50. The summed E-state index contributed by atoms with van der Waals surface area (Å²) in [5, 5.41) is 4.84. The van der Waals surface area contributed by atoms with Gasteiger partial charge in [0.2, 0.25) is 0 Å². The number of anilines is 1. The molecular formula is C30H33N3O4S. The predicted molar refractivity (Wildman–Crippen MR) is 157 cm³/mol. The van der Waals surface area contributed by atoms with E-state index in [1.54, 1.807) is 21.3 Å². The number of methoxy groups -OCH3 is 3. The largest absolute Gasteiger partial charge is 0.497 e. The van der Waals surface area contributed by atoms with Crippen LogP contribution in [-0.2, 0) is 13.0 Å². The van der Waals surface area contributed by atoms with Crippen LogP contribution in [0.15, 0.2) is 65.5 Å². The van der Waals surface area contributed by atoms with Crippen molar-refractivity contribution in [1.29, 1.82) is 0 Å². The number of hydrogen-bond donors (Lipinski definition) is 2. The lowest BCUT2D eigenvalue weighted by Crippen LogP contribution is -2.37. The molecule has 7 nitrogen and oxygen atoms in total. The van der Waals surface area contributed by atoms with E-state index in [-0.39, 0.29) is 5.56 Å². The first-order valence-corrected chi connectivity index (χ1v) is 12.8. The third-order valence-electron chi connectivity index (χ3n) is 6.74. The first kappa shape index (κ1) is 27.0. The second-order valence-electron chi connectivity index (χ2n) is 9.12. The van der Waals surface area contributed by atoms with Gasteiger partial charge in [-0.25, -0.2) is 0 Å². The highest BCUT2D eigenvalue weighted by atomic mass is 32.1. The van der Waals surface area contributed by atoms with Crippen LogP contribution in [0, 0.1) is 13.8 Å². The maximum absolute atomic E-state index is 13.0. The summed E-state index contributed by atoms with van der Waals surface area (Å²) in [6, 6.07) is 19.4. The molecule has 1 aromatic heterocycles. The number of pyridine rings is 1. The van der Waals surface area contributed by atoms with Crippen molar-refractivity contribution in [2.75, 3.05) is 33.2 Å². The Balaban J connectivity index is 1.64. The van der Waals surface area contributed by atoms with E-state index in [2.05, 4.69) is 30.2 Å². The van der Waals surface area contributed by atoms with Gasteiger partial charge < -0.3 is 29.4 Å². The van der Waals surface area contributed by atoms with E-state index in [0.29, 0.717) is 41.7 Å². The first-order valence-electron chi connectivity index (χ1n) is 12.4. The summed E-state index contributed by atoms with van der Waals surface area (Å²) in [6.45, 7) is 5.06. The number of nitrogens with zero attached hydrogens (tertiary/aromatic N) is 1. The Morgan fingerprint density at radius 3 is 2.47 bits per heavy atom. The molecule has 0 saturated carbocycles. The van der Waals surface area contributed by atoms with Crippen LogP contribution in [0.4, 0.5) is 5.69 Å². The van der Waals surface area contributed by atoms with E-state index in [0.717, 1.165) is 33.5 Å². The van der Waals surface area contributed by atoms with Crippen LogP contribution >= 0.6 is 12.2 Å². The summed E-state index contributed by atoms with van der Waals surface area (Å²) in [7, 11) is 4.87. The molecule has 0 aliphatic carbocycles. The minimum atomic E-state index is -0.145. The molecule has 0 fully saturated rings. The summed E-state index contributed by atoms with van der Waals surface area (Å²) < 4.78 is 16.2. The second kappa shape index (κ2) is 12.0. The molecule has 0 radical (unpaired) electrons. The number of rotatable bonds is 9. The Morgan fingerprint density at radius 2 is 1.74 bits per heavy atom. The van der Waals surface area contributed by atoms with E-state index in [4.69, 9.17) is 26.4 Å². The Bertz CT molecular complexity index is 1520. The standard InChI is InChI=1S/C30H33N3O4S/c1-19-7-6-8-25(20(19)2)32-30(38)33(14-13-21-9-12-27(36-4)28(15-21)37-5)18-23-16-22-17-24(35-3)10-11-26(22)31-29(23)34/h6-12,15-17H,13-14,18H2,1-5H3,(H,31,34)(H,32,38). The zero-order chi connectivity index (χ0) is 27.2. The highest BCUT2D eigenvalue weighted by molar-refractivity contribution is 7.80. The zero-order valence-electron chi connectivity index (χ0n) is 22.4. The molecule has 2 N–H and O–H groups in total. The highest BCUT2D eigenvalue weighted by Crippen LogP contribution is 2.28. The number of benzene rings is 3. The van der Waals surface area contributed by atoms with E-state index in [9.17, 15) is 4.79 Å². The van der Waals surface area contributed by atoms with Crippen molar-refractivity contribution in [1.82, 2.24) is 9.88 Å². The van der Waals surface area contributed by atoms with E-state index < -0.39 is 0 Å². The van der Waals surface area contributed by atoms with Gasteiger partial charge in [-0.05, 0) is 91.6 Å². The molecule has 0 amide bonds. The molecule has 0 spiro atoms. The highest BCUT2D eigenvalue weighted by Gasteiger charge is 2.16. The van der Waals surface area contributed by atoms with Gasteiger partial charge in [0.25, 0.3) is 5.56 Å². The van der Waals surface area contributed by atoms with Crippen molar-refractivity contribution >= 4 is 33.9 Å². The fourth-order valence-corrected chi connectivity index (χ4v) is 4.58. The van der Waals surface area contributed by atoms with E-state index >= 15 is 0 Å². The first-order chi connectivity index (χ1) is 18.3. The molecule has 4 rings (SSSR count). The number of ether oxygens (including phenoxy) is 3. The number of thiocarbonyl (C=S) groups is 1. The maximum Gasteiger partial charge on any atom is 0.253 e. The van der Waals surface area contributed by atoms with Crippen molar-refractivity contribution in [3.8, 4) is 17.2 Å². The third-order valence-corrected chi connectivity index (χ3v) is 7.10.